The molecular weight excluding hydrogens is 224 g/mol. The van der Waals surface area contributed by atoms with Gasteiger partial charge in [-0.3, -0.25) is 4.79 Å². The molecule has 2 saturated carbocycles. The molecule has 2 aliphatic carbocycles. The third-order valence-corrected chi connectivity index (χ3v) is 4.81. The van der Waals surface area contributed by atoms with Crippen molar-refractivity contribution in [3.63, 3.8) is 0 Å². The molecule has 2 fully saturated rings. The highest BCUT2D eigenvalue weighted by atomic mass is 16.5. The molecule has 2 heteroatoms. The van der Waals surface area contributed by atoms with E-state index < -0.39 is 0 Å². The van der Waals surface area contributed by atoms with E-state index in [0.717, 1.165) is 55.4 Å². The number of carbonyl (C=O) groups is 1. The van der Waals surface area contributed by atoms with Crippen LogP contribution >= 0.6 is 0 Å². The zero-order valence-electron chi connectivity index (χ0n) is 10.5. The Morgan fingerprint density at radius 3 is 2.83 bits per heavy atom. The van der Waals surface area contributed by atoms with Gasteiger partial charge in [0.25, 0.3) is 0 Å². The summed E-state index contributed by atoms with van der Waals surface area (Å²) in [6.07, 6.45) is 5.72. The fraction of sp³-hybridized carbons (Fsp3) is 0.562. The Hall–Kier alpha value is -1.31. The topological polar surface area (TPSA) is 26.3 Å². The van der Waals surface area contributed by atoms with Crippen LogP contribution in [-0.2, 0) is 6.42 Å². The lowest BCUT2D eigenvalue weighted by molar-refractivity contribution is 0.0909. The summed E-state index contributed by atoms with van der Waals surface area (Å²) in [4.78, 5) is 12.6. The van der Waals surface area contributed by atoms with Crippen LogP contribution < -0.4 is 4.74 Å². The average Bonchev–Trinajstić information content (AvgIpc) is 3.04. The van der Waals surface area contributed by atoms with Gasteiger partial charge in [-0.15, -0.1) is 0 Å². The number of hydrogen-bond acceptors (Lipinski definition) is 2. The van der Waals surface area contributed by atoms with E-state index >= 15 is 0 Å². The van der Waals surface area contributed by atoms with Crippen LogP contribution in [0, 0.1) is 17.8 Å². The van der Waals surface area contributed by atoms with Crippen molar-refractivity contribution in [1.82, 2.24) is 0 Å². The van der Waals surface area contributed by atoms with Crippen molar-refractivity contribution in [3.8, 4) is 5.75 Å². The third kappa shape index (κ3) is 1.58. The van der Waals surface area contributed by atoms with Crippen LogP contribution in [0.5, 0.6) is 5.75 Å². The maximum atomic E-state index is 12.6. The zero-order valence-corrected chi connectivity index (χ0v) is 10.5. The number of ketones is 1. The molecule has 0 bridgehead atoms. The van der Waals surface area contributed by atoms with E-state index in [2.05, 4.69) is 6.07 Å². The van der Waals surface area contributed by atoms with E-state index in [1.165, 1.54) is 12.0 Å². The van der Waals surface area contributed by atoms with Gasteiger partial charge in [0.15, 0.2) is 5.78 Å². The maximum Gasteiger partial charge on any atom is 0.169 e. The highest BCUT2D eigenvalue weighted by Gasteiger charge is 2.48. The predicted octanol–water partition coefficient (Wildman–Crippen LogP) is 3.24. The van der Waals surface area contributed by atoms with E-state index in [-0.39, 0.29) is 5.92 Å². The summed E-state index contributed by atoms with van der Waals surface area (Å²) >= 11 is 0. The Morgan fingerprint density at radius 2 is 2.00 bits per heavy atom. The smallest absolute Gasteiger partial charge is 0.169 e. The fourth-order valence-electron chi connectivity index (χ4n) is 3.73. The van der Waals surface area contributed by atoms with Crippen LogP contribution in [0.4, 0.5) is 0 Å². The molecule has 2 unspecified atom stereocenters. The lowest BCUT2D eigenvalue weighted by Gasteiger charge is -2.21. The van der Waals surface area contributed by atoms with Gasteiger partial charge in [0.05, 0.1) is 12.2 Å². The average molecular weight is 242 g/mol. The molecule has 4 rings (SSSR count). The minimum Gasteiger partial charge on any atom is -0.493 e. The number of fused-ring (bicyclic) bond motifs is 2. The van der Waals surface area contributed by atoms with Gasteiger partial charge in [0.1, 0.15) is 5.75 Å². The molecule has 0 amide bonds. The fourth-order valence-corrected chi connectivity index (χ4v) is 3.73. The van der Waals surface area contributed by atoms with Gasteiger partial charge in [-0.05, 0) is 55.6 Å². The number of aryl methyl sites for hydroxylation is 1. The van der Waals surface area contributed by atoms with E-state index in [1.807, 2.05) is 12.1 Å². The minimum atomic E-state index is 0.269. The van der Waals surface area contributed by atoms with Crippen LogP contribution in [0.25, 0.3) is 0 Å². The van der Waals surface area contributed by atoms with E-state index in [0.29, 0.717) is 5.78 Å². The van der Waals surface area contributed by atoms with Crippen molar-refractivity contribution in [1.29, 1.82) is 0 Å². The molecule has 18 heavy (non-hydrogen) atoms. The van der Waals surface area contributed by atoms with Crippen molar-refractivity contribution in [2.75, 3.05) is 6.61 Å². The third-order valence-electron chi connectivity index (χ3n) is 4.81. The molecule has 94 valence electrons. The molecule has 0 saturated heterocycles. The predicted molar refractivity (Wildman–Crippen MR) is 68.9 cm³/mol. The first kappa shape index (κ1) is 10.6. The maximum absolute atomic E-state index is 12.6. The van der Waals surface area contributed by atoms with Gasteiger partial charge in [0.2, 0.25) is 0 Å². The summed E-state index contributed by atoms with van der Waals surface area (Å²) in [5.74, 6) is 3.21. The van der Waals surface area contributed by atoms with Gasteiger partial charge in [0, 0.05) is 5.92 Å². The highest BCUT2D eigenvalue weighted by Crippen LogP contribution is 2.55. The molecule has 1 heterocycles. The van der Waals surface area contributed by atoms with E-state index in [1.54, 1.807) is 0 Å². The number of rotatable bonds is 2. The highest BCUT2D eigenvalue weighted by molar-refractivity contribution is 6.01. The number of carbonyl (C=O) groups excluding carboxylic acids is 1. The van der Waals surface area contributed by atoms with Crippen molar-refractivity contribution >= 4 is 5.78 Å². The summed E-state index contributed by atoms with van der Waals surface area (Å²) in [5, 5.41) is 0. The molecule has 0 N–H and O–H groups in total. The Kier molecular flexibility index (Phi) is 2.26. The monoisotopic (exact) mass is 242 g/mol. The van der Waals surface area contributed by atoms with Crippen LogP contribution in [0.2, 0.25) is 0 Å². The van der Waals surface area contributed by atoms with Gasteiger partial charge >= 0.3 is 0 Å². The van der Waals surface area contributed by atoms with Gasteiger partial charge < -0.3 is 4.74 Å². The second-order valence-electron chi connectivity index (χ2n) is 6.03. The summed E-state index contributed by atoms with van der Waals surface area (Å²) in [5.41, 5.74) is 2.06. The first-order chi connectivity index (χ1) is 8.83. The Labute approximate surface area is 107 Å². The van der Waals surface area contributed by atoms with Gasteiger partial charge in [-0.25, -0.2) is 0 Å². The van der Waals surface area contributed by atoms with Crippen molar-refractivity contribution in [2.24, 2.45) is 17.8 Å². The van der Waals surface area contributed by atoms with E-state index in [4.69, 9.17) is 4.74 Å². The number of ether oxygens (including phenoxy) is 1. The van der Waals surface area contributed by atoms with Crippen LogP contribution in [0.15, 0.2) is 18.2 Å². The van der Waals surface area contributed by atoms with Crippen molar-refractivity contribution in [3.05, 3.63) is 29.3 Å². The Bertz CT molecular complexity index is 496. The lowest BCUT2D eigenvalue weighted by atomic mass is 9.90. The van der Waals surface area contributed by atoms with Crippen molar-refractivity contribution in [2.45, 2.75) is 32.1 Å². The van der Waals surface area contributed by atoms with Gasteiger partial charge in [-0.2, -0.15) is 0 Å². The first-order valence-electron chi connectivity index (χ1n) is 7.12. The quantitative estimate of drug-likeness (QED) is 0.744. The molecule has 3 aliphatic rings. The SMILES string of the molecule is O=C(c1cccc2c1OCCC2)C1CC2CC2C1. The van der Waals surface area contributed by atoms with Crippen LogP contribution in [-0.4, -0.2) is 12.4 Å². The van der Waals surface area contributed by atoms with Crippen LogP contribution in [0.1, 0.15) is 41.6 Å². The molecule has 2 atom stereocenters. The standard InChI is InChI=1S/C16H18O2/c17-15(13-8-11-7-12(11)9-13)14-5-1-3-10-4-2-6-18-16(10)14/h1,3,5,11-13H,2,4,6-9H2. The Morgan fingerprint density at radius 1 is 1.17 bits per heavy atom. The lowest BCUT2D eigenvalue weighted by Crippen LogP contribution is -2.17. The zero-order chi connectivity index (χ0) is 12.1. The molecule has 0 aromatic heterocycles. The summed E-state index contributed by atoms with van der Waals surface area (Å²) in [7, 11) is 0. The Balaban J connectivity index is 1.65. The molecule has 1 aliphatic heterocycles. The second-order valence-corrected chi connectivity index (χ2v) is 6.03. The normalized spacial score (nSPS) is 32.3. The van der Waals surface area contributed by atoms with Crippen LogP contribution in [0.3, 0.4) is 0 Å². The van der Waals surface area contributed by atoms with E-state index in [9.17, 15) is 4.79 Å². The number of Topliss-reactive ketones (excluding diaryl/α,β-unsaturated/α-hetero) is 1. The largest absolute Gasteiger partial charge is 0.493 e. The minimum absolute atomic E-state index is 0.269. The summed E-state index contributed by atoms with van der Waals surface area (Å²) in [6, 6.07) is 6.06. The summed E-state index contributed by atoms with van der Waals surface area (Å²) in [6.45, 7) is 0.757. The molecule has 1 aromatic carbocycles. The number of benzene rings is 1. The molecule has 1 aromatic rings. The molecular formula is C16H18O2. The van der Waals surface area contributed by atoms with Gasteiger partial charge in [-0.1, -0.05) is 12.1 Å². The molecule has 0 radical (unpaired) electrons. The second kappa shape index (κ2) is 3.84. The number of hydrogen-bond donors (Lipinski definition) is 0. The number of para-hydroxylation sites is 1. The first-order valence-corrected chi connectivity index (χ1v) is 7.12. The molecule has 2 nitrogen and oxygen atoms in total. The summed E-state index contributed by atoms with van der Waals surface area (Å²) < 4.78 is 5.75. The molecule has 0 spiro atoms. The van der Waals surface area contributed by atoms with Crippen molar-refractivity contribution < 1.29 is 9.53 Å².